The number of benzene rings is 1. The topological polar surface area (TPSA) is 84.6 Å². The fourth-order valence-corrected chi connectivity index (χ4v) is 2.15. The molecule has 1 aromatic carbocycles. The molecule has 1 unspecified atom stereocenters. The van der Waals surface area contributed by atoms with Gasteiger partial charge in [0.2, 0.25) is 0 Å². The first-order valence-electron chi connectivity index (χ1n) is 5.49. The summed E-state index contributed by atoms with van der Waals surface area (Å²) in [6.45, 7) is 0.327. The number of rotatable bonds is 7. The Morgan fingerprint density at radius 3 is 2.47 bits per heavy atom. The van der Waals surface area contributed by atoms with Gasteiger partial charge in [-0.05, 0) is 6.42 Å². The van der Waals surface area contributed by atoms with E-state index in [9.17, 15) is 10.1 Å². The second kappa shape index (κ2) is 7.49. The number of aliphatic hydroxyl groups is 1. The lowest BCUT2D eigenvalue weighted by atomic mass is 10.2. The van der Waals surface area contributed by atoms with Gasteiger partial charge in [0.1, 0.15) is 0 Å². The van der Waals surface area contributed by atoms with Gasteiger partial charge in [-0.1, -0.05) is 23.2 Å². The lowest BCUT2D eigenvalue weighted by Crippen LogP contribution is -2.26. The number of nitrogens with one attached hydrogen (secondary N) is 1. The highest BCUT2D eigenvalue weighted by Gasteiger charge is 2.17. The molecule has 0 aliphatic carbocycles. The van der Waals surface area contributed by atoms with E-state index in [1.807, 2.05) is 0 Å². The number of nitrogens with zero attached hydrogens (tertiary/aromatic N) is 1. The van der Waals surface area contributed by atoms with Crippen LogP contribution in [0.4, 0.5) is 11.4 Å². The Labute approximate surface area is 120 Å². The SMILES string of the molecule is COCC(CCO)Nc1c(Cl)cc([N+](=O)[O-])cc1Cl. The van der Waals surface area contributed by atoms with Gasteiger partial charge in [-0.25, -0.2) is 0 Å². The molecule has 8 heteroatoms. The summed E-state index contributed by atoms with van der Waals surface area (Å²) in [7, 11) is 1.53. The second-order valence-electron chi connectivity index (χ2n) is 3.85. The van der Waals surface area contributed by atoms with Crippen molar-refractivity contribution in [2.75, 3.05) is 25.6 Å². The Morgan fingerprint density at radius 1 is 1.47 bits per heavy atom. The average molecular weight is 309 g/mol. The van der Waals surface area contributed by atoms with Crippen molar-refractivity contribution >= 4 is 34.6 Å². The summed E-state index contributed by atoms with van der Waals surface area (Å²) in [5.74, 6) is 0. The number of halogens is 2. The van der Waals surface area contributed by atoms with Crippen LogP contribution in [-0.4, -0.2) is 36.4 Å². The highest BCUT2D eigenvalue weighted by atomic mass is 35.5. The van der Waals surface area contributed by atoms with Crippen molar-refractivity contribution in [1.29, 1.82) is 0 Å². The van der Waals surface area contributed by atoms with E-state index in [1.54, 1.807) is 0 Å². The summed E-state index contributed by atoms with van der Waals surface area (Å²) in [4.78, 5) is 10.1. The minimum Gasteiger partial charge on any atom is -0.396 e. The van der Waals surface area contributed by atoms with Crippen molar-refractivity contribution in [3.8, 4) is 0 Å². The molecule has 0 spiro atoms. The van der Waals surface area contributed by atoms with E-state index in [4.69, 9.17) is 33.0 Å². The number of methoxy groups -OCH3 is 1. The molecule has 0 bridgehead atoms. The molecule has 1 atom stereocenters. The largest absolute Gasteiger partial charge is 0.396 e. The van der Waals surface area contributed by atoms with E-state index in [0.29, 0.717) is 18.7 Å². The number of ether oxygens (including phenoxy) is 1. The number of nitro groups is 1. The van der Waals surface area contributed by atoms with E-state index in [0.717, 1.165) is 0 Å². The average Bonchev–Trinajstić information content (AvgIpc) is 2.33. The van der Waals surface area contributed by atoms with Crippen molar-refractivity contribution in [2.24, 2.45) is 0 Å². The van der Waals surface area contributed by atoms with Gasteiger partial charge in [0.25, 0.3) is 5.69 Å². The summed E-state index contributed by atoms with van der Waals surface area (Å²) >= 11 is 11.9. The number of aliphatic hydroxyl groups excluding tert-OH is 1. The number of anilines is 1. The zero-order chi connectivity index (χ0) is 14.4. The van der Waals surface area contributed by atoms with Gasteiger partial charge in [-0.2, -0.15) is 0 Å². The summed E-state index contributed by atoms with van der Waals surface area (Å²) in [5, 5.41) is 22.9. The van der Waals surface area contributed by atoms with Gasteiger partial charge >= 0.3 is 0 Å². The van der Waals surface area contributed by atoms with Crippen LogP contribution in [0.25, 0.3) is 0 Å². The summed E-state index contributed by atoms with van der Waals surface area (Å²) in [5.41, 5.74) is 0.218. The Balaban J connectivity index is 2.96. The van der Waals surface area contributed by atoms with E-state index >= 15 is 0 Å². The predicted molar refractivity (Wildman–Crippen MR) is 74.1 cm³/mol. The van der Waals surface area contributed by atoms with Crippen LogP contribution in [0.1, 0.15) is 6.42 Å². The third-order valence-electron chi connectivity index (χ3n) is 2.43. The summed E-state index contributed by atoms with van der Waals surface area (Å²) in [6, 6.07) is 2.25. The molecule has 0 aromatic heterocycles. The molecule has 2 N–H and O–H groups in total. The fraction of sp³-hybridized carbons (Fsp3) is 0.455. The quantitative estimate of drug-likeness (QED) is 0.597. The fourth-order valence-electron chi connectivity index (χ4n) is 1.56. The molecule has 0 aliphatic rings. The number of nitro benzene ring substituents is 1. The van der Waals surface area contributed by atoms with Crippen molar-refractivity contribution in [3.05, 3.63) is 32.3 Å². The molecule has 0 radical (unpaired) electrons. The molecule has 0 heterocycles. The molecular weight excluding hydrogens is 295 g/mol. The number of hydrogen-bond donors (Lipinski definition) is 2. The van der Waals surface area contributed by atoms with Gasteiger partial charge in [-0.15, -0.1) is 0 Å². The van der Waals surface area contributed by atoms with E-state index in [-0.39, 0.29) is 28.4 Å². The van der Waals surface area contributed by atoms with Crippen LogP contribution < -0.4 is 5.32 Å². The Kier molecular flexibility index (Phi) is 6.30. The smallest absolute Gasteiger partial charge is 0.272 e. The van der Waals surface area contributed by atoms with Crippen molar-refractivity contribution < 1.29 is 14.8 Å². The number of hydrogen-bond acceptors (Lipinski definition) is 5. The predicted octanol–water partition coefficient (Wildman–Crippen LogP) is 2.71. The van der Waals surface area contributed by atoms with Crippen LogP contribution in [0.5, 0.6) is 0 Å². The van der Waals surface area contributed by atoms with E-state index < -0.39 is 4.92 Å². The molecule has 0 saturated carbocycles. The third-order valence-corrected chi connectivity index (χ3v) is 3.03. The molecule has 1 aromatic rings. The first-order valence-corrected chi connectivity index (χ1v) is 6.25. The van der Waals surface area contributed by atoms with Crippen LogP contribution in [-0.2, 0) is 4.74 Å². The van der Waals surface area contributed by atoms with Gasteiger partial charge < -0.3 is 15.2 Å². The molecular formula is C11H14Cl2N2O4. The van der Waals surface area contributed by atoms with Gasteiger partial charge in [0.05, 0.1) is 33.3 Å². The molecule has 0 fully saturated rings. The van der Waals surface area contributed by atoms with Crippen LogP contribution in [0.3, 0.4) is 0 Å². The minimum absolute atomic E-state index is 0.0246. The second-order valence-corrected chi connectivity index (χ2v) is 4.66. The standard InChI is InChI=1S/C11H14Cl2N2O4/c1-19-6-7(2-3-16)14-11-9(12)4-8(15(17)18)5-10(11)13/h4-5,7,14,16H,2-3,6H2,1H3. The Bertz CT molecular complexity index is 427. The van der Waals surface area contributed by atoms with E-state index in [1.165, 1.54) is 19.2 Å². The maximum absolute atomic E-state index is 10.7. The highest BCUT2D eigenvalue weighted by Crippen LogP contribution is 2.35. The van der Waals surface area contributed by atoms with E-state index in [2.05, 4.69) is 5.32 Å². The lowest BCUT2D eigenvalue weighted by Gasteiger charge is -2.19. The molecule has 1 rings (SSSR count). The summed E-state index contributed by atoms with van der Waals surface area (Å²) < 4.78 is 5.00. The zero-order valence-corrected chi connectivity index (χ0v) is 11.7. The van der Waals surface area contributed by atoms with Crippen molar-refractivity contribution in [1.82, 2.24) is 0 Å². The van der Waals surface area contributed by atoms with Gasteiger partial charge in [0, 0.05) is 25.8 Å². The monoisotopic (exact) mass is 308 g/mol. The first-order chi connectivity index (χ1) is 8.99. The van der Waals surface area contributed by atoms with Crippen LogP contribution >= 0.6 is 23.2 Å². The van der Waals surface area contributed by atoms with Gasteiger partial charge in [-0.3, -0.25) is 10.1 Å². The van der Waals surface area contributed by atoms with Crippen LogP contribution in [0, 0.1) is 10.1 Å². The molecule has 6 nitrogen and oxygen atoms in total. The maximum atomic E-state index is 10.7. The molecule has 19 heavy (non-hydrogen) atoms. The number of non-ortho nitro benzene ring substituents is 1. The lowest BCUT2D eigenvalue weighted by molar-refractivity contribution is -0.384. The molecule has 0 aliphatic heterocycles. The highest BCUT2D eigenvalue weighted by molar-refractivity contribution is 6.39. The van der Waals surface area contributed by atoms with Crippen molar-refractivity contribution in [3.63, 3.8) is 0 Å². The molecule has 106 valence electrons. The normalized spacial score (nSPS) is 12.2. The van der Waals surface area contributed by atoms with Gasteiger partial charge in [0.15, 0.2) is 0 Å². The first kappa shape index (κ1) is 16.0. The van der Waals surface area contributed by atoms with Crippen LogP contribution in [0.15, 0.2) is 12.1 Å². The minimum atomic E-state index is -0.568. The summed E-state index contributed by atoms with van der Waals surface area (Å²) in [6.07, 6.45) is 0.442. The zero-order valence-electron chi connectivity index (χ0n) is 10.2. The maximum Gasteiger partial charge on any atom is 0.272 e. The third kappa shape index (κ3) is 4.50. The molecule has 0 amide bonds. The van der Waals surface area contributed by atoms with Crippen LogP contribution in [0.2, 0.25) is 10.0 Å². The molecule has 0 saturated heterocycles. The Hall–Kier alpha value is -1.08. The van der Waals surface area contributed by atoms with Crippen molar-refractivity contribution in [2.45, 2.75) is 12.5 Å². The Morgan fingerprint density at radius 2 is 2.05 bits per heavy atom.